The van der Waals surface area contributed by atoms with E-state index in [-0.39, 0.29) is 12.5 Å². The molecule has 0 spiro atoms. The minimum Gasteiger partial charge on any atom is -0.480 e. The third-order valence-electron chi connectivity index (χ3n) is 1.54. The van der Waals surface area contributed by atoms with Crippen LogP contribution in [-0.2, 0) is 20.9 Å². The lowest BCUT2D eigenvalue weighted by Gasteiger charge is -2.03. The molecule has 2 N–H and O–H groups in total. The van der Waals surface area contributed by atoms with E-state index in [2.05, 4.69) is 26.0 Å². The first kappa shape index (κ1) is 13.1. The van der Waals surface area contributed by atoms with E-state index in [1.54, 1.807) is 0 Å². The van der Waals surface area contributed by atoms with Crippen molar-refractivity contribution in [3.63, 3.8) is 0 Å². The highest BCUT2D eigenvalue weighted by Crippen LogP contribution is 2.19. The van der Waals surface area contributed by atoms with Crippen LogP contribution in [0.4, 0.5) is 0 Å². The highest BCUT2D eigenvalue weighted by atomic mass is 79.9. The lowest BCUT2D eigenvalue weighted by atomic mass is 10.4. The van der Waals surface area contributed by atoms with E-state index in [4.69, 9.17) is 5.11 Å². The van der Waals surface area contributed by atoms with Gasteiger partial charge in [0, 0.05) is 14.7 Å². The summed E-state index contributed by atoms with van der Waals surface area (Å²) in [5, 5.41) is 12.8. The fourth-order valence-corrected chi connectivity index (χ4v) is 2.31. The largest absolute Gasteiger partial charge is 0.480 e. The quantitative estimate of drug-likeness (QED) is 0.829. The summed E-state index contributed by atoms with van der Waals surface area (Å²) >= 11 is 4.83. The zero-order valence-corrected chi connectivity index (χ0v) is 10.6. The molecule has 0 bridgehead atoms. The van der Waals surface area contributed by atoms with Crippen molar-refractivity contribution in [2.24, 2.45) is 0 Å². The summed E-state index contributed by atoms with van der Waals surface area (Å²) in [5.74, 6) is -1.42. The van der Waals surface area contributed by atoms with Crippen LogP contribution in [0.5, 0.6) is 0 Å². The number of carboxylic acids is 1. The third kappa shape index (κ3) is 5.24. The van der Waals surface area contributed by atoms with Gasteiger partial charge in [-0.2, -0.15) is 0 Å². The number of hydrogen-bond acceptors (Lipinski definition) is 4. The van der Waals surface area contributed by atoms with Crippen LogP contribution in [0.2, 0.25) is 0 Å². The molecule has 1 aromatic rings. The van der Waals surface area contributed by atoms with Crippen LogP contribution >= 0.6 is 27.3 Å². The van der Waals surface area contributed by atoms with E-state index < -0.39 is 12.6 Å². The molecule has 0 atom stereocenters. The van der Waals surface area contributed by atoms with E-state index in [9.17, 15) is 9.59 Å². The van der Waals surface area contributed by atoms with Crippen molar-refractivity contribution >= 4 is 39.1 Å². The summed E-state index contributed by atoms with van der Waals surface area (Å²) in [6, 6.07) is 1.91. The summed E-state index contributed by atoms with van der Waals surface area (Å²) in [4.78, 5) is 22.3. The minimum absolute atomic E-state index is 0.237. The molecular formula is C9H10BrNO4S. The molecule has 0 aromatic carbocycles. The molecule has 1 amide bonds. The van der Waals surface area contributed by atoms with Crippen molar-refractivity contribution in [2.45, 2.75) is 6.54 Å². The Bertz CT molecular complexity index is 379. The zero-order chi connectivity index (χ0) is 12.0. The van der Waals surface area contributed by atoms with Gasteiger partial charge in [-0.15, -0.1) is 11.3 Å². The fourth-order valence-electron chi connectivity index (χ4n) is 0.914. The van der Waals surface area contributed by atoms with Gasteiger partial charge in [-0.1, -0.05) is 0 Å². The average molecular weight is 308 g/mol. The van der Waals surface area contributed by atoms with Gasteiger partial charge in [0.1, 0.15) is 13.2 Å². The van der Waals surface area contributed by atoms with Crippen molar-refractivity contribution in [1.29, 1.82) is 0 Å². The number of carbonyl (C=O) groups excluding carboxylic acids is 1. The predicted molar refractivity (Wildman–Crippen MR) is 62.3 cm³/mol. The molecule has 1 heterocycles. The Balaban J connectivity index is 2.17. The van der Waals surface area contributed by atoms with Crippen molar-refractivity contribution < 1.29 is 19.4 Å². The van der Waals surface area contributed by atoms with E-state index >= 15 is 0 Å². The molecular weight excluding hydrogens is 298 g/mol. The minimum atomic E-state index is -1.09. The molecule has 0 aliphatic carbocycles. The van der Waals surface area contributed by atoms with Crippen LogP contribution in [0.3, 0.4) is 0 Å². The van der Waals surface area contributed by atoms with Gasteiger partial charge in [-0.25, -0.2) is 4.79 Å². The standard InChI is InChI=1S/C9H10BrNO4S/c10-6-1-7(16-5-6)2-11-8(12)3-15-4-9(13)14/h1,5H,2-4H2,(H,11,12)(H,13,14). The van der Waals surface area contributed by atoms with Gasteiger partial charge in [0.05, 0.1) is 6.54 Å². The molecule has 0 fully saturated rings. The van der Waals surface area contributed by atoms with Crippen molar-refractivity contribution in [1.82, 2.24) is 5.32 Å². The molecule has 0 aliphatic heterocycles. The Morgan fingerprint density at radius 2 is 2.25 bits per heavy atom. The lowest BCUT2D eigenvalue weighted by molar-refractivity contribution is -0.143. The maximum Gasteiger partial charge on any atom is 0.329 e. The van der Waals surface area contributed by atoms with E-state index in [1.807, 2.05) is 11.4 Å². The normalized spacial score (nSPS) is 10.1. The van der Waals surface area contributed by atoms with Gasteiger partial charge >= 0.3 is 5.97 Å². The van der Waals surface area contributed by atoms with Crippen LogP contribution in [0.1, 0.15) is 4.88 Å². The van der Waals surface area contributed by atoms with E-state index in [0.29, 0.717) is 6.54 Å². The van der Waals surface area contributed by atoms with Gasteiger partial charge in [-0.05, 0) is 22.0 Å². The van der Waals surface area contributed by atoms with Crippen LogP contribution < -0.4 is 5.32 Å². The number of aliphatic carboxylic acids is 1. The first-order valence-electron chi connectivity index (χ1n) is 4.37. The van der Waals surface area contributed by atoms with Gasteiger partial charge in [-0.3, -0.25) is 4.79 Å². The second-order valence-corrected chi connectivity index (χ2v) is 4.81. The Hall–Kier alpha value is -0.920. The second-order valence-electron chi connectivity index (χ2n) is 2.89. The van der Waals surface area contributed by atoms with Crippen LogP contribution in [0, 0.1) is 0 Å². The predicted octanol–water partition coefficient (Wildman–Crippen LogP) is 1.23. The van der Waals surface area contributed by atoms with Crippen molar-refractivity contribution in [3.05, 3.63) is 20.8 Å². The number of ether oxygens (including phenoxy) is 1. The van der Waals surface area contributed by atoms with Crippen LogP contribution in [0.25, 0.3) is 0 Å². The number of hydrogen-bond donors (Lipinski definition) is 2. The Labute approximate surface area is 105 Å². The Morgan fingerprint density at radius 1 is 1.50 bits per heavy atom. The molecule has 1 aromatic heterocycles. The molecule has 0 saturated heterocycles. The molecule has 88 valence electrons. The summed E-state index contributed by atoms with van der Waals surface area (Å²) in [6.07, 6.45) is 0. The third-order valence-corrected chi connectivity index (χ3v) is 3.24. The molecule has 0 unspecified atom stereocenters. The smallest absolute Gasteiger partial charge is 0.329 e. The SMILES string of the molecule is O=C(O)COCC(=O)NCc1cc(Br)cs1. The van der Waals surface area contributed by atoms with E-state index in [1.165, 1.54) is 11.3 Å². The summed E-state index contributed by atoms with van der Waals surface area (Å²) in [6.45, 7) is -0.275. The number of carboxylic acid groups (broad SMARTS) is 1. The number of nitrogens with one attached hydrogen (secondary N) is 1. The van der Waals surface area contributed by atoms with Gasteiger partial charge in [0.25, 0.3) is 0 Å². The number of rotatable bonds is 6. The maximum atomic E-state index is 11.2. The molecule has 1 rings (SSSR count). The molecule has 0 saturated carbocycles. The monoisotopic (exact) mass is 307 g/mol. The first-order chi connectivity index (χ1) is 7.58. The molecule has 0 aliphatic rings. The summed E-state index contributed by atoms with van der Waals surface area (Å²) in [5.41, 5.74) is 0. The Morgan fingerprint density at radius 3 is 2.81 bits per heavy atom. The van der Waals surface area contributed by atoms with E-state index in [0.717, 1.165) is 9.35 Å². The fraction of sp³-hybridized carbons (Fsp3) is 0.333. The number of amides is 1. The highest BCUT2D eigenvalue weighted by Gasteiger charge is 2.04. The highest BCUT2D eigenvalue weighted by molar-refractivity contribution is 9.10. The van der Waals surface area contributed by atoms with Gasteiger partial charge in [0.2, 0.25) is 5.91 Å². The number of thiophene rings is 1. The van der Waals surface area contributed by atoms with Crippen LogP contribution in [0.15, 0.2) is 15.9 Å². The van der Waals surface area contributed by atoms with Crippen molar-refractivity contribution in [2.75, 3.05) is 13.2 Å². The average Bonchev–Trinajstić information content (AvgIpc) is 2.61. The van der Waals surface area contributed by atoms with Crippen LogP contribution in [-0.4, -0.2) is 30.2 Å². The van der Waals surface area contributed by atoms with Gasteiger partial charge < -0.3 is 15.2 Å². The molecule has 5 nitrogen and oxygen atoms in total. The maximum absolute atomic E-state index is 11.2. The van der Waals surface area contributed by atoms with Gasteiger partial charge in [0.15, 0.2) is 0 Å². The first-order valence-corrected chi connectivity index (χ1v) is 6.04. The second kappa shape index (κ2) is 6.62. The lowest BCUT2D eigenvalue weighted by Crippen LogP contribution is -2.27. The molecule has 16 heavy (non-hydrogen) atoms. The number of halogens is 1. The van der Waals surface area contributed by atoms with Crippen molar-refractivity contribution in [3.8, 4) is 0 Å². The number of carbonyl (C=O) groups is 2. The topological polar surface area (TPSA) is 75.6 Å². The molecule has 0 radical (unpaired) electrons. The zero-order valence-electron chi connectivity index (χ0n) is 8.23. The Kier molecular flexibility index (Phi) is 5.44. The summed E-state index contributed by atoms with van der Waals surface area (Å²) < 4.78 is 5.61. The summed E-state index contributed by atoms with van der Waals surface area (Å²) in [7, 11) is 0. The molecule has 7 heteroatoms.